The first kappa shape index (κ1) is 14.9. The van der Waals surface area contributed by atoms with Gasteiger partial charge in [0.2, 0.25) is 0 Å². The molecule has 1 heterocycles. The van der Waals surface area contributed by atoms with E-state index in [1.807, 2.05) is 5.43 Å². The van der Waals surface area contributed by atoms with Gasteiger partial charge >= 0.3 is 6.18 Å². The Labute approximate surface area is 117 Å². The number of halogens is 3. The highest BCUT2D eigenvalue weighted by Crippen LogP contribution is 2.35. The van der Waals surface area contributed by atoms with Crippen LogP contribution in [0.3, 0.4) is 0 Å². The van der Waals surface area contributed by atoms with Crippen molar-refractivity contribution in [3.8, 4) is 0 Å². The van der Waals surface area contributed by atoms with Crippen LogP contribution < -0.4 is 16.6 Å². The Bertz CT molecular complexity index is 667. The van der Waals surface area contributed by atoms with E-state index in [9.17, 15) is 18.0 Å². The highest BCUT2D eigenvalue weighted by Gasteiger charge is 2.34. The van der Waals surface area contributed by atoms with Crippen LogP contribution in [0.1, 0.15) is 21.7 Å². The van der Waals surface area contributed by atoms with Gasteiger partial charge in [0.15, 0.2) is 5.82 Å². The Morgan fingerprint density at radius 1 is 1.33 bits per heavy atom. The molecule has 0 aliphatic carbocycles. The third-order valence-corrected chi connectivity index (χ3v) is 2.61. The van der Waals surface area contributed by atoms with Gasteiger partial charge in [-0.05, 0) is 25.1 Å². The van der Waals surface area contributed by atoms with Crippen LogP contribution in [-0.2, 0) is 6.18 Å². The van der Waals surface area contributed by atoms with Crippen molar-refractivity contribution in [2.24, 2.45) is 5.84 Å². The molecular weight excluding hydrogens is 289 g/mol. The summed E-state index contributed by atoms with van der Waals surface area (Å²) in [7, 11) is 0. The summed E-state index contributed by atoms with van der Waals surface area (Å²) in [6, 6.07) is 4.44. The normalized spacial score (nSPS) is 11.3. The number of nitrogens with two attached hydrogens (primary N) is 1. The zero-order chi connectivity index (χ0) is 15.6. The number of nitrogen functional groups attached to an aromatic ring is 1. The molecule has 0 aliphatic heterocycles. The Hall–Kier alpha value is -2.55. The Kier molecular flexibility index (Phi) is 3.85. The zero-order valence-electron chi connectivity index (χ0n) is 10.8. The first-order chi connectivity index (χ1) is 9.81. The third kappa shape index (κ3) is 3.31. The maximum atomic E-state index is 12.9. The molecule has 1 aromatic carbocycles. The minimum absolute atomic E-state index is 0.118. The lowest BCUT2D eigenvalue weighted by atomic mass is 10.1. The molecule has 1 amide bonds. The van der Waals surface area contributed by atoms with Gasteiger partial charge < -0.3 is 15.3 Å². The summed E-state index contributed by atoms with van der Waals surface area (Å²) >= 11 is 0. The maximum absolute atomic E-state index is 12.9. The Morgan fingerprint density at radius 2 is 2.05 bits per heavy atom. The molecule has 0 saturated carbocycles. The van der Waals surface area contributed by atoms with Crippen LogP contribution in [0.15, 0.2) is 28.8 Å². The van der Waals surface area contributed by atoms with Crippen molar-refractivity contribution in [3.63, 3.8) is 0 Å². The van der Waals surface area contributed by atoms with Gasteiger partial charge in [-0.2, -0.15) is 13.2 Å². The van der Waals surface area contributed by atoms with Crippen molar-refractivity contribution in [1.82, 2.24) is 5.16 Å². The first-order valence-corrected chi connectivity index (χ1v) is 5.74. The SMILES string of the molecule is Cc1cc(NC(=O)c2ccc(NN)c(C(F)(F)F)c2)no1. The van der Waals surface area contributed by atoms with Crippen molar-refractivity contribution >= 4 is 17.4 Å². The molecule has 4 N–H and O–H groups in total. The molecule has 1 aromatic heterocycles. The number of carbonyl (C=O) groups excluding carboxylic acids is 1. The molecule has 0 radical (unpaired) electrons. The van der Waals surface area contributed by atoms with Crippen LogP contribution >= 0.6 is 0 Å². The van der Waals surface area contributed by atoms with Gasteiger partial charge in [0.25, 0.3) is 5.91 Å². The van der Waals surface area contributed by atoms with E-state index in [2.05, 4.69) is 10.5 Å². The van der Waals surface area contributed by atoms with E-state index in [0.717, 1.165) is 6.07 Å². The van der Waals surface area contributed by atoms with Crippen molar-refractivity contribution < 1.29 is 22.5 Å². The second-order valence-electron chi connectivity index (χ2n) is 4.18. The van der Waals surface area contributed by atoms with Crippen molar-refractivity contribution in [2.45, 2.75) is 13.1 Å². The number of anilines is 2. The number of hydrazine groups is 1. The van der Waals surface area contributed by atoms with E-state index in [0.29, 0.717) is 11.8 Å². The number of amides is 1. The molecule has 0 atom stereocenters. The maximum Gasteiger partial charge on any atom is 0.418 e. The second kappa shape index (κ2) is 5.44. The van der Waals surface area contributed by atoms with Gasteiger partial charge in [-0.25, -0.2) is 0 Å². The molecule has 0 bridgehead atoms. The lowest BCUT2D eigenvalue weighted by Gasteiger charge is -2.13. The third-order valence-electron chi connectivity index (χ3n) is 2.61. The number of aryl methyl sites for hydroxylation is 1. The summed E-state index contributed by atoms with van der Waals surface area (Å²) < 4.78 is 43.3. The number of alkyl halides is 3. The van der Waals surface area contributed by atoms with E-state index in [1.54, 1.807) is 6.92 Å². The average Bonchev–Trinajstić information content (AvgIpc) is 2.82. The number of hydrogen-bond donors (Lipinski definition) is 3. The lowest BCUT2D eigenvalue weighted by Crippen LogP contribution is -2.18. The first-order valence-electron chi connectivity index (χ1n) is 5.74. The van der Waals surface area contributed by atoms with Crippen molar-refractivity contribution in [1.29, 1.82) is 0 Å². The minimum Gasteiger partial charge on any atom is -0.360 e. The molecule has 0 aliphatic rings. The van der Waals surface area contributed by atoms with Crippen molar-refractivity contribution in [2.75, 3.05) is 10.7 Å². The molecule has 0 fully saturated rings. The number of hydrogen-bond acceptors (Lipinski definition) is 5. The minimum atomic E-state index is -4.64. The summed E-state index contributed by atoms with van der Waals surface area (Å²) in [5, 5.41) is 5.86. The molecule has 0 unspecified atom stereocenters. The Balaban J connectivity index is 2.29. The number of rotatable bonds is 3. The fraction of sp³-hybridized carbons (Fsp3) is 0.167. The van der Waals surface area contributed by atoms with E-state index in [1.165, 1.54) is 12.1 Å². The highest BCUT2D eigenvalue weighted by molar-refractivity contribution is 6.04. The fourth-order valence-corrected chi connectivity index (χ4v) is 1.66. The molecule has 21 heavy (non-hydrogen) atoms. The van der Waals surface area contributed by atoms with Crippen LogP contribution in [0, 0.1) is 6.92 Å². The molecule has 2 rings (SSSR count). The number of aromatic nitrogens is 1. The van der Waals surface area contributed by atoms with Gasteiger partial charge in [-0.3, -0.25) is 10.6 Å². The summed E-state index contributed by atoms with van der Waals surface area (Å²) in [4.78, 5) is 11.9. The molecule has 112 valence electrons. The molecule has 0 saturated heterocycles. The van der Waals surface area contributed by atoms with Crippen LogP contribution in [0.2, 0.25) is 0 Å². The van der Waals surface area contributed by atoms with Gasteiger partial charge in [0.1, 0.15) is 5.76 Å². The monoisotopic (exact) mass is 300 g/mol. The summed E-state index contributed by atoms with van der Waals surface area (Å²) in [6.45, 7) is 1.62. The van der Waals surface area contributed by atoms with E-state index >= 15 is 0 Å². The van der Waals surface area contributed by atoms with E-state index in [4.69, 9.17) is 10.4 Å². The molecular formula is C12H11F3N4O2. The fourth-order valence-electron chi connectivity index (χ4n) is 1.66. The lowest BCUT2D eigenvalue weighted by molar-refractivity contribution is -0.137. The number of nitrogens with one attached hydrogen (secondary N) is 2. The topological polar surface area (TPSA) is 93.2 Å². The molecule has 6 nitrogen and oxygen atoms in total. The zero-order valence-corrected chi connectivity index (χ0v) is 10.8. The van der Waals surface area contributed by atoms with Gasteiger partial charge in [0, 0.05) is 11.6 Å². The summed E-state index contributed by atoms with van der Waals surface area (Å²) in [6.07, 6.45) is -4.64. The van der Waals surface area contributed by atoms with E-state index in [-0.39, 0.29) is 17.1 Å². The molecule has 0 spiro atoms. The van der Waals surface area contributed by atoms with Gasteiger partial charge in [0.05, 0.1) is 11.3 Å². The quantitative estimate of drug-likeness (QED) is 0.598. The number of benzene rings is 1. The van der Waals surface area contributed by atoms with Gasteiger partial charge in [-0.1, -0.05) is 5.16 Å². The predicted molar refractivity (Wildman–Crippen MR) is 68.4 cm³/mol. The van der Waals surface area contributed by atoms with Crippen molar-refractivity contribution in [3.05, 3.63) is 41.2 Å². The number of nitrogens with zero attached hydrogens (tertiary/aromatic N) is 1. The van der Waals surface area contributed by atoms with Crippen LogP contribution in [0.25, 0.3) is 0 Å². The summed E-state index contributed by atoms with van der Waals surface area (Å²) in [5.41, 5.74) is 0.407. The summed E-state index contributed by atoms with van der Waals surface area (Å²) in [5.74, 6) is 4.87. The van der Waals surface area contributed by atoms with Crippen LogP contribution in [-0.4, -0.2) is 11.1 Å². The van der Waals surface area contributed by atoms with E-state index < -0.39 is 17.6 Å². The number of carbonyl (C=O) groups is 1. The van der Waals surface area contributed by atoms with Gasteiger partial charge in [-0.15, -0.1) is 0 Å². The Morgan fingerprint density at radius 3 is 2.57 bits per heavy atom. The standard InChI is InChI=1S/C12H11F3N4O2/c1-6-4-10(19-21-6)17-11(20)7-2-3-9(18-16)8(5-7)12(13,14)15/h2-5,18H,16H2,1H3,(H,17,19,20). The highest BCUT2D eigenvalue weighted by atomic mass is 19.4. The molecule has 9 heteroatoms. The smallest absolute Gasteiger partial charge is 0.360 e. The second-order valence-corrected chi connectivity index (χ2v) is 4.18. The largest absolute Gasteiger partial charge is 0.418 e. The predicted octanol–water partition coefficient (Wildman–Crippen LogP) is 2.54. The van der Waals surface area contributed by atoms with Crippen LogP contribution in [0.4, 0.5) is 24.7 Å². The average molecular weight is 300 g/mol. The molecule has 2 aromatic rings. The van der Waals surface area contributed by atoms with Crippen LogP contribution in [0.5, 0.6) is 0 Å².